The molecule has 0 saturated heterocycles. The Morgan fingerprint density at radius 1 is 1.21 bits per heavy atom. The minimum atomic E-state index is -0.547. The summed E-state index contributed by atoms with van der Waals surface area (Å²) in [6.07, 6.45) is 1.29. The Hall–Kier alpha value is -2.83. The van der Waals surface area contributed by atoms with E-state index >= 15 is 0 Å². The van der Waals surface area contributed by atoms with Gasteiger partial charge >= 0.3 is 12.0 Å². The van der Waals surface area contributed by atoms with E-state index < -0.39 is 5.97 Å². The fourth-order valence-electron chi connectivity index (χ4n) is 1.88. The van der Waals surface area contributed by atoms with E-state index in [0.717, 1.165) is 0 Å². The van der Waals surface area contributed by atoms with E-state index in [1.54, 1.807) is 24.3 Å². The molecule has 0 unspecified atom stereocenters. The predicted molar refractivity (Wildman–Crippen MR) is 86.5 cm³/mol. The van der Waals surface area contributed by atoms with E-state index in [0.29, 0.717) is 17.1 Å². The molecular weight excluding hydrogens is 312 g/mol. The Morgan fingerprint density at radius 3 is 2.50 bits per heavy atom. The van der Waals surface area contributed by atoms with Crippen LogP contribution in [0.1, 0.15) is 32.2 Å². The number of para-hydroxylation sites is 1. The summed E-state index contributed by atoms with van der Waals surface area (Å²) in [7, 11) is 2.74. The number of carbonyl (C=O) groups is 1. The molecule has 0 bridgehead atoms. The fourth-order valence-corrected chi connectivity index (χ4v) is 1.88. The van der Waals surface area contributed by atoms with Crippen molar-refractivity contribution in [1.29, 1.82) is 0 Å². The molecule has 0 atom stereocenters. The number of hydrogen-bond donors (Lipinski definition) is 0. The average molecular weight is 332 g/mol. The number of rotatable bonds is 5. The van der Waals surface area contributed by atoms with Crippen LogP contribution in [-0.2, 0) is 19.7 Å². The maximum absolute atomic E-state index is 12.0. The Kier molecular flexibility index (Phi) is 5.23. The molecule has 1 aromatic carbocycles. The molecule has 0 aliphatic rings. The van der Waals surface area contributed by atoms with Crippen LogP contribution in [0.5, 0.6) is 11.8 Å². The van der Waals surface area contributed by atoms with Crippen LogP contribution >= 0.6 is 0 Å². The van der Waals surface area contributed by atoms with E-state index in [1.165, 1.54) is 20.5 Å². The largest absolute Gasteiger partial charge is 0.503 e. The van der Waals surface area contributed by atoms with Gasteiger partial charge in [-0.05, 0) is 6.07 Å². The van der Waals surface area contributed by atoms with Gasteiger partial charge in [-0.3, -0.25) is 4.52 Å². The van der Waals surface area contributed by atoms with Crippen molar-refractivity contribution in [2.75, 3.05) is 14.2 Å². The lowest BCUT2D eigenvalue weighted by Crippen LogP contribution is -2.13. The zero-order chi connectivity index (χ0) is 17.7. The summed E-state index contributed by atoms with van der Waals surface area (Å²) >= 11 is 0. The van der Waals surface area contributed by atoms with Crippen LogP contribution < -0.4 is 4.74 Å². The van der Waals surface area contributed by atoms with Gasteiger partial charge in [0.1, 0.15) is 11.3 Å². The Balaban J connectivity index is 2.37. The first-order valence-corrected chi connectivity index (χ1v) is 7.29. The number of benzene rings is 1. The van der Waals surface area contributed by atoms with Crippen LogP contribution in [0.3, 0.4) is 0 Å². The molecule has 24 heavy (non-hydrogen) atoms. The highest BCUT2D eigenvalue weighted by molar-refractivity contribution is 6.16. The SMILES string of the molecule is CO/C=C(/C(=O)OC)c1ccccc1Oc1nc(C(C)(C)C)no1. The molecule has 1 aromatic heterocycles. The molecule has 128 valence electrons. The molecule has 0 fully saturated rings. The normalized spacial score (nSPS) is 12.0. The van der Waals surface area contributed by atoms with E-state index in [9.17, 15) is 4.79 Å². The zero-order valence-electron chi connectivity index (χ0n) is 14.3. The van der Waals surface area contributed by atoms with Crippen LogP contribution in [0.4, 0.5) is 0 Å². The number of methoxy groups -OCH3 is 2. The molecule has 0 spiro atoms. The van der Waals surface area contributed by atoms with Crippen LogP contribution in [0, 0.1) is 0 Å². The molecule has 7 heteroatoms. The predicted octanol–water partition coefficient (Wildman–Crippen LogP) is 3.32. The maximum atomic E-state index is 12.0. The summed E-state index contributed by atoms with van der Waals surface area (Å²) in [6.45, 7) is 5.89. The summed E-state index contributed by atoms with van der Waals surface area (Å²) in [5.74, 6) is 0.347. The van der Waals surface area contributed by atoms with Crippen molar-refractivity contribution >= 4 is 11.5 Å². The highest BCUT2D eigenvalue weighted by Gasteiger charge is 2.23. The van der Waals surface area contributed by atoms with Crippen molar-refractivity contribution in [2.24, 2.45) is 0 Å². The molecule has 0 radical (unpaired) electrons. The van der Waals surface area contributed by atoms with Crippen molar-refractivity contribution in [3.63, 3.8) is 0 Å². The summed E-state index contributed by atoms with van der Waals surface area (Å²) in [6, 6.07) is 6.92. The second-order valence-corrected chi connectivity index (χ2v) is 5.99. The summed E-state index contributed by atoms with van der Waals surface area (Å²) in [5, 5.41) is 3.90. The number of carbonyl (C=O) groups excluding carboxylic acids is 1. The smallest absolute Gasteiger partial charge is 0.422 e. The molecule has 0 saturated carbocycles. The third-order valence-corrected chi connectivity index (χ3v) is 3.09. The Morgan fingerprint density at radius 2 is 1.92 bits per heavy atom. The topological polar surface area (TPSA) is 83.7 Å². The first-order chi connectivity index (χ1) is 11.4. The second-order valence-electron chi connectivity index (χ2n) is 5.99. The van der Waals surface area contributed by atoms with Crippen LogP contribution in [0.25, 0.3) is 5.57 Å². The summed E-state index contributed by atoms with van der Waals surface area (Å²) in [4.78, 5) is 16.2. The van der Waals surface area contributed by atoms with Crippen LogP contribution in [0.15, 0.2) is 35.1 Å². The highest BCUT2D eigenvalue weighted by Crippen LogP contribution is 2.31. The van der Waals surface area contributed by atoms with Gasteiger partial charge in [-0.15, -0.1) is 0 Å². The zero-order valence-corrected chi connectivity index (χ0v) is 14.3. The first-order valence-electron chi connectivity index (χ1n) is 7.29. The van der Waals surface area contributed by atoms with Gasteiger partial charge in [0.25, 0.3) is 0 Å². The van der Waals surface area contributed by atoms with Crippen molar-refractivity contribution in [1.82, 2.24) is 10.1 Å². The van der Waals surface area contributed by atoms with Gasteiger partial charge in [0.15, 0.2) is 5.82 Å². The molecule has 0 aliphatic carbocycles. The lowest BCUT2D eigenvalue weighted by atomic mass is 9.96. The van der Waals surface area contributed by atoms with Gasteiger partial charge in [0.05, 0.1) is 20.5 Å². The van der Waals surface area contributed by atoms with Gasteiger partial charge in [0, 0.05) is 11.0 Å². The van der Waals surface area contributed by atoms with Gasteiger partial charge in [0.2, 0.25) is 0 Å². The molecule has 1 heterocycles. The Bertz CT molecular complexity index is 743. The van der Waals surface area contributed by atoms with Gasteiger partial charge < -0.3 is 14.2 Å². The van der Waals surface area contributed by atoms with Gasteiger partial charge in [-0.2, -0.15) is 4.98 Å². The van der Waals surface area contributed by atoms with Crippen molar-refractivity contribution in [2.45, 2.75) is 26.2 Å². The summed E-state index contributed by atoms with van der Waals surface area (Å²) in [5.41, 5.74) is 0.436. The molecule has 0 aliphatic heterocycles. The standard InChI is InChI=1S/C17H20N2O5/c1-17(2,3)15-18-16(24-19-15)23-13-9-7-6-8-11(13)12(10-21-4)14(20)22-5/h6-10H,1-5H3/b12-10+. The molecular formula is C17H20N2O5. The average Bonchev–Trinajstić information content (AvgIpc) is 3.01. The number of nitrogens with zero attached hydrogens (tertiary/aromatic N) is 2. The second kappa shape index (κ2) is 7.16. The van der Waals surface area contributed by atoms with E-state index in [1.807, 2.05) is 20.8 Å². The minimum absolute atomic E-state index is 0.00555. The number of ether oxygens (including phenoxy) is 3. The van der Waals surface area contributed by atoms with Crippen molar-refractivity contribution in [3.8, 4) is 11.8 Å². The molecule has 7 nitrogen and oxygen atoms in total. The van der Waals surface area contributed by atoms with Crippen LogP contribution in [0.2, 0.25) is 0 Å². The fraction of sp³-hybridized carbons (Fsp3) is 0.353. The minimum Gasteiger partial charge on any atom is -0.503 e. The highest BCUT2D eigenvalue weighted by atomic mass is 16.6. The molecule has 0 N–H and O–H groups in total. The Labute approximate surface area is 140 Å². The summed E-state index contributed by atoms with van der Waals surface area (Å²) < 4.78 is 20.5. The van der Waals surface area contributed by atoms with Gasteiger partial charge in [-0.1, -0.05) is 44.1 Å². The molecule has 0 amide bonds. The monoisotopic (exact) mass is 332 g/mol. The number of aromatic nitrogens is 2. The first kappa shape index (κ1) is 17.5. The maximum Gasteiger partial charge on any atom is 0.422 e. The van der Waals surface area contributed by atoms with Gasteiger partial charge in [-0.25, -0.2) is 4.79 Å². The van der Waals surface area contributed by atoms with Crippen molar-refractivity contribution in [3.05, 3.63) is 41.9 Å². The van der Waals surface area contributed by atoms with Crippen LogP contribution in [-0.4, -0.2) is 30.3 Å². The number of hydrogen-bond acceptors (Lipinski definition) is 7. The quantitative estimate of drug-likeness (QED) is 0.472. The third kappa shape index (κ3) is 3.92. The van der Waals surface area contributed by atoms with E-state index in [2.05, 4.69) is 10.1 Å². The van der Waals surface area contributed by atoms with Crippen molar-refractivity contribution < 1.29 is 23.5 Å². The lowest BCUT2D eigenvalue weighted by molar-refractivity contribution is -0.133. The van der Waals surface area contributed by atoms with E-state index in [-0.39, 0.29) is 17.1 Å². The lowest BCUT2D eigenvalue weighted by Gasteiger charge is -2.11. The van der Waals surface area contributed by atoms with E-state index in [4.69, 9.17) is 18.7 Å². The number of esters is 1. The molecule has 2 rings (SSSR count). The third-order valence-electron chi connectivity index (χ3n) is 3.09. The molecule has 2 aromatic rings.